The molecular weight excluding hydrogens is 432 g/mol. The van der Waals surface area contributed by atoms with E-state index in [1.807, 2.05) is 54.6 Å². The maximum atomic E-state index is 6.14. The van der Waals surface area contributed by atoms with Gasteiger partial charge in [-0.05, 0) is 45.2 Å². The van der Waals surface area contributed by atoms with Crippen molar-refractivity contribution in [2.45, 2.75) is 26.4 Å². The van der Waals surface area contributed by atoms with E-state index in [0.29, 0.717) is 26.4 Å². The first-order valence-corrected chi connectivity index (χ1v) is 11.9. The lowest BCUT2D eigenvalue weighted by molar-refractivity contribution is 0.107. The Morgan fingerprint density at radius 3 is 1.66 bits per heavy atom. The van der Waals surface area contributed by atoms with Crippen LogP contribution in [0, 0.1) is 0 Å². The lowest BCUT2D eigenvalue weighted by atomic mass is 10.1. The Morgan fingerprint density at radius 1 is 0.429 bits per heavy atom. The smallest absolute Gasteiger partial charge is 0.123 e. The fourth-order valence-electron chi connectivity index (χ4n) is 4.06. The molecule has 0 N–H and O–H groups in total. The van der Waals surface area contributed by atoms with Crippen molar-refractivity contribution in [3.8, 4) is 11.5 Å². The van der Waals surface area contributed by atoms with E-state index in [0.717, 1.165) is 28.2 Å². The third-order valence-corrected chi connectivity index (χ3v) is 5.84. The molecular formula is C32H28O3. The molecule has 0 aliphatic carbocycles. The summed E-state index contributed by atoms with van der Waals surface area (Å²) in [5.41, 5.74) is 4.44. The molecule has 0 atom stereocenters. The van der Waals surface area contributed by atoms with Crippen LogP contribution in [0.4, 0.5) is 0 Å². The first kappa shape index (κ1) is 22.7. The fraction of sp³-hybridized carbons (Fsp3) is 0.125. The van der Waals surface area contributed by atoms with Gasteiger partial charge in [0.25, 0.3) is 0 Å². The van der Waals surface area contributed by atoms with Crippen LogP contribution in [-0.4, -0.2) is 0 Å². The van der Waals surface area contributed by atoms with Crippen LogP contribution in [0.25, 0.3) is 10.8 Å². The van der Waals surface area contributed by atoms with Crippen molar-refractivity contribution in [3.05, 3.63) is 144 Å². The zero-order valence-electron chi connectivity index (χ0n) is 19.6. The van der Waals surface area contributed by atoms with Gasteiger partial charge in [0.05, 0.1) is 13.2 Å². The van der Waals surface area contributed by atoms with Crippen molar-refractivity contribution < 1.29 is 14.2 Å². The average molecular weight is 461 g/mol. The van der Waals surface area contributed by atoms with Gasteiger partial charge in [-0.1, -0.05) is 103 Å². The summed E-state index contributed by atoms with van der Waals surface area (Å²) in [5.74, 6) is 1.53. The van der Waals surface area contributed by atoms with Gasteiger partial charge in [0.2, 0.25) is 0 Å². The number of rotatable bonds is 10. The highest BCUT2D eigenvalue weighted by Crippen LogP contribution is 2.26. The third kappa shape index (κ3) is 6.28. The molecule has 5 aromatic carbocycles. The molecule has 0 amide bonds. The van der Waals surface area contributed by atoms with E-state index >= 15 is 0 Å². The molecule has 5 rings (SSSR count). The van der Waals surface area contributed by atoms with E-state index < -0.39 is 0 Å². The molecule has 0 fully saturated rings. The Labute approximate surface area is 206 Å². The van der Waals surface area contributed by atoms with Crippen LogP contribution < -0.4 is 9.47 Å². The van der Waals surface area contributed by atoms with E-state index in [1.54, 1.807) is 0 Å². The van der Waals surface area contributed by atoms with Crippen molar-refractivity contribution in [1.29, 1.82) is 0 Å². The summed E-state index contributed by atoms with van der Waals surface area (Å²) in [6.45, 7) is 2.00. The molecule has 3 nitrogen and oxygen atoms in total. The molecule has 0 spiro atoms. The maximum Gasteiger partial charge on any atom is 0.123 e. The van der Waals surface area contributed by atoms with E-state index in [9.17, 15) is 0 Å². The fourth-order valence-corrected chi connectivity index (χ4v) is 4.06. The van der Waals surface area contributed by atoms with Crippen LogP contribution in [0.2, 0.25) is 0 Å². The largest absolute Gasteiger partial charge is 0.489 e. The summed E-state index contributed by atoms with van der Waals surface area (Å²) < 4.78 is 18.4. The Morgan fingerprint density at radius 2 is 1.00 bits per heavy atom. The van der Waals surface area contributed by atoms with Gasteiger partial charge < -0.3 is 14.2 Å². The van der Waals surface area contributed by atoms with Crippen molar-refractivity contribution in [1.82, 2.24) is 0 Å². The molecule has 174 valence electrons. The van der Waals surface area contributed by atoms with E-state index in [2.05, 4.69) is 66.7 Å². The van der Waals surface area contributed by atoms with Gasteiger partial charge in [0.1, 0.15) is 24.7 Å². The Kier molecular flexibility index (Phi) is 7.37. The number of ether oxygens (including phenoxy) is 3. The van der Waals surface area contributed by atoms with Gasteiger partial charge in [-0.15, -0.1) is 0 Å². The average Bonchev–Trinajstić information content (AvgIpc) is 2.92. The second-order valence-corrected chi connectivity index (χ2v) is 8.49. The minimum absolute atomic E-state index is 0.466. The summed E-state index contributed by atoms with van der Waals surface area (Å²) in [5, 5.41) is 2.45. The van der Waals surface area contributed by atoms with Crippen LogP contribution >= 0.6 is 0 Å². The molecule has 0 saturated carbocycles. The summed E-state index contributed by atoms with van der Waals surface area (Å²) in [6.07, 6.45) is 0. The van der Waals surface area contributed by atoms with Crippen molar-refractivity contribution in [2.24, 2.45) is 0 Å². The van der Waals surface area contributed by atoms with Gasteiger partial charge in [0.15, 0.2) is 0 Å². The van der Waals surface area contributed by atoms with Crippen molar-refractivity contribution in [3.63, 3.8) is 0 Å². The van der Waals surface area contributed by atoms with E-state index in [1.165, 1.54) is 16.3 Å². The van der Waals surface area contributed by atoms with E-state index in [-0.39, 0.29) is 0 Å². The molecule has 35 heavy (non-hydrogen) atoms. The summed E-state index contributed by atoms with van der Waals surface area (Å²) in [7, 11) is 0. The first-order valence-electron chi connectivity index (χ1n) is 11.9. The van der Waals surface area contributed by atoms with Crippen LogP contribution in [0.1, 0.15) is 22.3 Å². The predicted octanol–water partition coefficient (Wildman–Crippen LogP) is 7.71. The Bertz CT molecular complexity index is 1300. The molecule has 0 heterocycles. The first-order chi connectivity index (χ1) is 17.3. The second kappa shape index (κ2) is 11.4. The lowest BCUT2D eigenvalue weighted by Gasteiger charge is -2.13. The number of fused-ring (bicyclic) bond motifs is 1. The standard InChI is InChI=1S/C32H28O3/c1-3-10-25(11-4-1)22-34-30-18-27(19-31(20-30)35-23-26-12-5-2-6-13-26)21-33-24-29-16-9-15-28-14-7-8-17-32(28)29/h1-20H,21-24H2. The Hall–Kier alpha value is -4.08. The second-order valence-electron chi connectivity index (χ2n) is 8.49. The van der Waals surface area contributed by atoms with Gasteiger partial charge in [-0.25, -0.2) is 0 Å². The highest BCUT2D eigenvalue weighted by atomic mass is 16.5. The number of benzene rings is 5. The zero-order valence-corrected chi connectivity index (χ0v) is 19.6. The van der Waals surface area contributed by atoms with Gasteiger partial charge >= 0.3 is 0 Å². The Balaban J connectivity index is 1.29. The number of hydrogen-bond acceptors (Lipinski definition) is 3. The third-order valence-electron chi connectivity index (χ3n) is 5.84. The van der Waals surface area contributed by atoms with Crippen molar-refractivity contribution >= 4 is 10.8 Å². The molecule has 0 aliphatic heterocycles. The van der Waals surface area contributed by atoms with Crippen molar-refractivity contribution in [2.75, 3.05) is 0 Å². The van der Waals surface area contributed by atoms with Crippen LogP contribution in [0.15, 0.2) is 121 Å². The minimum atomic E-state index is 0.466. The zero-order chi connectivity index (χ0) is 23.7. The maximum absolute atomic E-state index is 6.14. The molecule has 0 saturated heterocycles. The summed E-state index contributed by atoms with van der Waals surface area (Å²) in [4.78, 5) is 0. The summed E-state index contributed by atoms with van der Waals surface area (Å²) >= 11 is 0. The SMILES string of the molecule is c1ccc(COc2cc(COCc3cccc4ccccc34)cc(OCc3ccccc3)c2)cc1. The quantitative estimate of drug-likeness (QED) is 0.214. The normalized spacial score (nSPS) is 10.9. The number of hydrogen-bond donors (Lipinski definition) is 0. The topological polar surface area (TPSA) is 27.7 Å². The predicted molar refractivity (Wildman–Crippen MR) is 140 cm³/mol. The highest BCUT2D eigenvalue weighted by molar-refractivity contribution is 5.85. The van der Waals surface area contributed by atoms with Crippen LogP contribution in [-0.2, 0) is 31.2 Å². The van der Waals surface area contributed by atoms with Gasteiger partial charge in [-0.2, -0.15) is 0 Å². The van der Waals surface area contributed by atoms with Crippen LogP contribution in [0.3, 0.4) is 0 Å². The molecule has 0 unspecified atom stereocenters. The van der Waals surface area contributed by atoms with Gasteiger partial charge in [0, 0.05) is 6.07 Å². The minimum Gasteiger partial charge on any atom is -0.489 e. The molecule has 3 heteroatoms. The molecule has 0 aliphatic rings. The van der Waals surface area contributed by atoms with E-state index in [4.69, 9.17) is 14.2 Å². The van der Waals surface area contributed by atoms with Crippen LogP contribution in [0.5, 0.6) is 11.5 Å². The summed E-state index contributed by atoms with van der Waals surface area (Å²) in [6, 6.07) is 41.0. The highest BCUT2D eigenvalue weighted by Gasteiger charge is 2.07. The molecule has 0 aromatic heterocycles. The molecule has 5 aromatic rings. The molecule has 0 bridgehead atoms. The van der Waals surface area contributed by atoms with Gasteiger partial charge in [-0.3, -0.25) is 0 Å². The monoisotopic (exact) mass is 460 g/mol. The molecule has 0 radical (unpaired) electrons. The lowest BCUT2D eigenvalue weighted by Crippen LogP contribution is -2.01.